The standard InChI is InChI=1S/C15H22N4O2/c1-11(2)10-21-8-4-6-16-15(20)13-9-17-19-7-5-12(3)18-14(13)19/h5,7,9,11H,4,6,8,10H2,1-3H3,(H,16,20). The Bertz CT molecular complexity index is 607. The van der Waals surface area contributed by atoms with Gasteiger partial charge in [-0.2, -0.15) is 5.10 Å². The molecule has 2 heterocycles. The van der Waals surface area contributed by atoms with Crippen molar-refractivity contribution < 1.29 is 9.53 Å². The number of carbonyl (C=O) groups is 1. The lowest BCUT2D eigenvalue weighted by Crippen LogP contribution is -2.25. The normalized spacial score (nSPS) is 11.2. The summed E-state index contributed by atoms with van der Waals surface area (Å²) in [6.07, 6.45) is 4.14. The lowest BCUT2D eigenvalue weighted by molar-refractivity contribution is 0.0926. The van der Waals surface area contributed by atoms with E-state index < -0.39 is 0 Å². The van der Waals surface area contributed by atoms with Gasteiger partial charge in [0.15, 0.2) is 5.65 Å². The van der Waals surface area contributed by atoms with Crippen LogP contribution in [0.1, 0.15) is 36.3 Å². The Hall–Kier alpha value is -1.95. The van der Waals surface area contributed by atoms with Crippen LogP contribution in [0.4, 0.5) is 0 Å². The molecule has 114 valence electrons. The highest BCUT2D eigenvalue weighted by Crippen LogP contribution is 2.08. The first-order valence-electron chi connectivity index (χ1n) is 7.25. The van der Waals surface area contributed by atoms with E-state index in [2.05, 4.69) is 29.2 Å². The van der Waals surface area contributed by atoms with Gasteiger partial charge in [-0.25, -0.2) is 9.50 Å². The lowest BCUT2D eigenvalue weighted by Gasteiger charge is -2.07. The second-order valence-corrected chi connectivity index (χ2v) is 5.47. The number of fused-ring (bicyclic) bond motifs is 1. The lowest BCUT2D eigenvalue weighted by atomic mass is 10.2. The third kappa shape index (κ3) is 4.26. The number of amides is 1. The number of hydrogen-bond acceptors (Lipinski definition) is 4. The molecular weight excluding hydrogens is 268 g/mol. The maximum absolute atomic E-state index is 12.1. The zero-order chi connectivity index (χ0) is 15.2. The molecule has 2 rings (SSSR count). The molecule has 0 aliphatic heterocycles. The Morgan fingerprint density at radius 2 is 2.29 bits per heavy atom. The second-order valence-electron chi connectivity index (χ2n) is 5.47. The summed E-state index contributed by atoms with van der Waals surface area (Å²) in [6.45, 7) is 8.11. The zero-order valence-electron chi connectivity index (χ0n) is 12.8. The molecule has 0 saturated carbocycles. The molecule has 0 fully saturated rings. The molecule has 6 heteroatoms. The first kappa shape index (κ1) is 15.4. The summed E-state index contributed by atoms with van der Waals surface area (Å²) in [5.41, 5.74) is 1.95. The molecule has 0 aromatic carbocycles. The number of rotatable bonds is 7. The van der Waals surface area contributed by atoms with E-state index in [-0.39, 0.29) is 5.91 Å². The van der Waals surface area contributed by atoms with Crippen LogP contribution in [0.2, 0.25) is 0 Å². The molecule has 21 heavy (non-hydrogen) atoms. The monoisotopic (exact) mass is 290 g/mol. The molecule has 2 aromatic rings. The molecule has 0 unspecified atom stereocenters. The average Bonchev–Trinajstić information content (AvgIpc) is 2.85. The zero-order valence-corrected chi connectivity index (χ0v) is 12.8. The number of hydrogen-bond donors (Lipinski definition) is 1. The van der Waals surface area contributed by atoms with Gasteiger partial charge >= 0.3 is 0 Å². The minimum absolute atomic E-state index is 0.146. The SMILES string of the molecule is Cc1ccn2ncc(C(=O)NCCCOCC(C)C)c2n1. The van der Waals surface area contributed by atoms with E-state index in [1.807, 2.05) is 13.0 Å². The van der Waals surface area contributed by atoms with Crippen LogP contribution in [0.25, 0.3) is 5.65 Å². The van der Waals surface area contributed by atoms with E-state index in [1.54, 1.807) is 16.9 Å². The van der Waals surface area contributed by atoms with Gasteiger partial charge in [-0.3, -0.25) is 4.79 Å². The van der Waals surface area contributed by atoms with Crippen LogP contribution >= 0.6 is 0 Å². The Balaban J connectivity index is 1.84. The quantitative estimate of drug-likeness (QED) is 0.790. The number of nitrogens with one attached hydrogen (secondary N) is 1. The van der Waals surface area contributed by atoms with Gasteiger partial charge in [0.2, 0.25) is 0 Å². The largest absolute Gasteiger partial charge is 0.381 e. The number of ether oxygens (including phenoxy) is 1. The van der Waals surface area contributed by atoms with Gasteiger partial charge in [-0.15, -0.1) is 0 Å². The number of nitrogens with zero attached hydrogens (tertiary/aromatic N) is 3. The van der Waals surface area contributed by atoms with E-state index in [9.17, 15) is 4.79 Å². The van der Waals surface area contributed by atoms with Crippen molar-refractivity contribution >= 4 is 11.6 Å². The molecule has 2 aromatic heterocycles. The van der Waals surface area contributed by atoms with Gasteiger partial charge < -0.3 is 10.1 Å². The Morgan fingerprint density at radius 3 is 3.05 bits per heavy atom. The summed E-state index contributed by atoms with van der Waals surface area (Å²) in [6, 6.07) is 1.85. The minimum Gasteiger partial charge on any atom is -0.381 e. The van der Waals surface area contributed by atoms with Gasteiger partial charge in [-0.1, -0.05) is 13.8 Å². The van der Waals surface area contributed by atoms with Crippen molar-refractivity contribution in [1.29, 1.82) is 0 Å². The second kappa shape index (κ2) is 7.17. The highest BCUT2D eigenvalue weighted by atomic mass is 16.5. The van der Waals surface area contributed by atoms with E-state index >= 15 is 0 Å². The van der Waals surface area contributed by atoms with Crippen LogP contribution in [-0.2, 0) is 4.74 Å². The van der Waals surface area contributed by atoms with E-state index in [4.69, 9.17) is 4.74 Å². The van der Waals surface area contributed by atoms with Crippen LogP contribution < -0.4 is 5.32 Å². The van der Waals surface area contributed by atoms with Crippen molar-refractivity contribution in [2.24, 2.45) is 5.92 Å². The van der Waals surface area contributed by atoms with Gasteiger partial charge in [0, 0.05) is 31.6 Å². The summed E-state index contributed by atoms with van der Waals surface area (Å²) in [5, 5.41) is 7.00. The highest BCUT2D eigenvalue weighted by Gasteiger charge is 2.13. The van der Waals surface area contributed by atoms with Gasteiger partial charge in [-0.05, 0) is 25.3 Å². The third-order valence-corrected chi connectivity index (χ3v) is 2.96. The molecule has 1 amide bonds. The van der Waals surface area contributed by atoms with Crippen molar-refractivity contribution in [2.45, 2.75) is 27.2 Å². The fraction of sp³-hybridized carbons (Fsp3) is 0.533. The van der Waals surface area contributed by atoms with Gasteiger partial charge in [0.1, 0.15) is 5.56 Å². The van der Waals surface area contributed by atoms with Gasteiger partial charge in [0.25, 0.3) is 5.91 Å². The van der Waals surface area contributed by atoms with Crippen LogP contribution in [0.3, 0.4) is 0 Å². The van der Waals surface area contributed by atoms with E-state index in [0.717, 1.165) is 18.7 Å². The molecule has 0 spiro atoms. The first-order valence-corrected chi connectivity index (χ1v) is 7.25. The van der Waals surface area contributed by atoms with Crippen molar-refractivity contribution in [3.8, 4) is 0 Å². The number of aryl methyl sites for hydroxylation is 1. The van der Waals surface area contributed by atoms with Crippen molar-refractivity contribution in [3.63, 3.8) is 0 Å². The highest BCUT2D eigenvalue weighted by molar-refractivity contribution is 5.99. The average molecular weight is 290 g/mol. The predicted octanol–water partition coefficient (Wildman–Crippen LogP) is 1.83. The fourth-order valence-corrected chi connectivity index (χ4v) is 1.91. The van der Waals surface area contributed by atoms with E-state index in [0.29, 0.717) is 30.3 Å². The Kier molecular flexibility index (Phi) is 5.27. The minimum atomic E-state index is -0.146. The predicted molar refractivity (Wildman–Crippen MR) is 80.3 cm³/mol. The summed E-state index contributed by atoms with van der Waals surface area (Å²) >= 11 is 0. The Labute approximate surface area is 124 Å². The summed E-state index contributed by atoms with van der Waals surface area (Å²) in [5.74, 6) is 0.389. The summed E-state index contributed by atoms with van der Waals surface area (Å²) in [7, 11) is 0. The van der Waals surface area contributed by atoms with Crippen molar-refractivity contribution in [1.82, 2.24) is 19.9 Å². The maximum atomic E-state index is 12.1. The third-order valence-electron chi connectivity index (χ3n) is 2.96. The van der Waals surface area contributed by atoms with E-state index in [1.165, 1.54) is 0 Å². The smallest absolute Gasteiger partial charge is 0.256 e. The number of carbonyl (C=O) groups excluding carboxylic acids is 1. The topological polar surface area (TPSA) is 68.5 Å². The molecule has 1 N–H and O–H groups in total. The van der Waals surface area contributed by atoms with Crippen LogP contribution in [-0.4, -0.2) is 40.3 Å². The summed E-state index contributed by atoms with van der Waals surface area (Å²) < 4.78 is 7.08. The molecular formula is C15H22N4O2. The maximum Gasteiger partial charge on any atom is 0.256 e. The number of aromatic nitrogens is 3. The molecule has 0 atom stereocenters. The van der Waals surface area contributed by atoms with Crippen LogP contribution in [0.15, 0.2) is 18.5 Å². The van der Waals surface area contributed by atoms with Gasteiger partial charge in [0.05, 0.1) is 6.20 Å². The van der Waals surface area contributed by atoms with Crippen molar-refractivity contribution in [2.75, 3.05) is 19.8 Å². The van der Waals surface area contributed by atoms with Crippen molar-refractivity contribution in [3.05, 3.63) is 29.7 Å². The Morgan fingerprint density at radius 1 is 1.48 bits per heavy atom. The molecule has 0 saturated heterocycles. The van der Waals surface area contributed by atoms with Crippen LogP contribution in [0.5, 0.6) is 0 Å². The molecule has 0 bridgehead atoms. The fourth-order valence-electron chi connectivity index (χ4n) is 1.91. The molecule has 6 nitrogen and oxygen atoms in total. The summed E-state index contributed by atoms with van der Waals surface area (Å²) in [4.78, 5) is 16.5. The first-order chi connectivity index (χ1) is 10.1. The molecule has 0 radical (unpaired) electrons. The van der Waals surface area contributed by atoms with Crippen LogP contribution in [0, 0.1) is 12.8 Å². The molecule has 0 aliphatic carbocycles. The molecule has 0 aliphatic rings.